The van der Waals surface area contributed by atoms with Crippen LogP contribution in [0.15, 0.2) is 36.4 Å². The van der Waals surface area contributed by atoms with E-state index in [0.717, 1.165) is 0 Å². The van der Waals surface area contributed by atoms with Crippen LogP contribution in [0, 0.1) is 0 Å². The summed E-state index contributed by atoms with van der Waals surface area (Å²) < 4.78 is 1.40. The Labute approximate surface area is 94.7 Å². The van der Waals surface area contributed by atoms with Gasteiger partial charge in [0.1, 0.15) is 0 Å². The van der Waals surface area contributed by atoms with Crippen molar-refractivity contribution < 1.29 is 0 Å². The van der Waals surface area contributed by atoms with Gasteiger partial charge >= 0.3 is 94.6 Å². The van der Waals surface area contributed by atoms with Gasteiger partial charge in [0.2, 0.25) is 0 Å². The molecular weight excluding hydrogens is 248 g/mol. The summed E-state index contributed by atoms with van der Waals surface area (Å²) in [5.74, 6) is 0. The summed E-state index contributed by atoms with van der Waals surface area (Å²) in [5, 5.41) is 4.36. The first-order valence-corrected chi connectivity index (χ1v) is 7.89. The monoisotopic (exact) mass is 261 g/mol. The average molecular weight is 260 g/mol. The van der Waals surface area contributed by atoms with Crippen molar-refractivity contribution in [2.24, 2.45) is 0 Å². The summed E-state index contributed by atoms with van der Waals surface area (Å²) in [6.07, 6.45) is 0. The molecule has 0 bridgehead atoms. The first-order chi connectivity index (χ1) is 6.70. The molecule has 0 saturated heterocycles. The zero-order valence-corrected chi connectivity index (χ0v) is 11.4. The SMILES string of the molecule is CP(C)c1cccc2ccc[c]([Ge])c12. The topological polar surface area (TPSA) is 0 Å². The van der Waals surface area contributed by atoms with Gasteiger partial charge in [-0.1, -0.05) is 0 Å². The molecule has 69 valence electrons. The van der Waals surface area contributed by atoms with E-state index in [-0.39, 0.29) is 7.92 Å². The third-order valence-corrected chi connectivity index (χ3v) is 4.57. The van der Waals surface area contributed by atoms with Crippen LogP contribution >= 0.6 is 7.92 Å². The van der Waals surface area contributed by atoms with Gasteiger partial charge in [-0.15, -0.1) is 0 Å². The molecule has 0 nitrogen and oxygen atoms in total. The van der Waals surface area contributed by atoms with Crippen molar-refractivity contribution in [3.63, 3.8) is 0 Å². The summed E-state index contributed by atoms with van der Waals surface area (Å²) in [6, 6.07) is 13.2. The molecule has 0 aliphatic carbocycles. The number of hydrogen-bond donors (Lipinski definition) is 0. The number of rotatable bonds is 1. The molecule has 0 fully saturated rings. The predicted octanol–water partition coefficient (Wildman–Crippen LogP) is 2.00. The van der Waals surface area contributed by atoms with Gasteiger partial charge in [0.05, 0.1) is 0 Å². The van der Waals surface area contributed by atoms with Crippen molar-refractivity contribution in [3.05, 3.63) is 36.4 Å². The van der Waals surface area contributed by atoms with Crippen LogP contribution in [0.2, 0.25) is 0 Å². The maximum absolute atomic E-state index is 2.32. The first-order valence-electron chi connectivity index (χ1n) is 4.61. The van der Waals surface area contributed by atoms with Crippen molar-refractivity contribution in [2.45, 2.75) is 0 Å². The van der Waals surface area contributed by atoms with E-state index in [4.69, 9.17) is 0 Å². The molecule has 0 unspecified atom stereocenters. The summed E-state index contributed by atoms with van der Waals surface area (Å²) in [5.41, 5.74) is 0. The van der Waals surface area contributed by atoms with Gasteiger partial charge in [0.15, 0.2) is 0 Å². The van der Waals surface area contributed by atoms with E-state index in [0.29, 0.717) is 0 Å². The fourth-order valence-electron chi connectivity index (χ4n) is 1.69. The maximum atomic E-state index is 2.32. The third kappa shape index (κ3) is 1.74. The van der Waals surface area contributed by atoms with E-state index in [1.54, 1.807) is 0 Å². The second kappa shape index (κ2) is 4.04. The Kier molecular flexibility index (Phi) is 2.94. The molecular formula is C12H12GeP. The standard InChI is InChI=1S/C12H12GeP/c1-14(2)11-8-4-6-9-5-3-7-10(13)12(9)11/h3-8H,1-2H3. The van der Waals surface area contributed by atoms with Crippen molar-refractivity contribution >= 4 is 44.9 Å². The molecule has 2 heteroatoms. The van der Waals surface area contributed by atoms with Crippen molar-refractivity contribution in [2.75, 3.05) is 13.3 Å². The molecule has 0 aliphatic rings. The minimum atomic E-state index is -0.0116. The van der Waals surface area contributed by atoms with Crippen LogP contribution in [0.4, 0.5) is 0 Å². The summed E-state index contributed by atoms with van der Waals surface area (Å²) in [4.78, 5) is 0. The molecule has 3 radical (unpaired) electrons. The Morgan fingerprint density at radius 3 is 2.29 bits per heavy atom. The molecule has 0 aliphatic heterocycles. The summed E-state index contributed by atoms with van der Waals surface area (Å²) in [6.45, 7) is 4.63. The van der Waals surface area contributed by atoms with Gasteiger partial charge in [0, 0.05) is 0 Å². The Balaban J connectivity index is 2.84. The van der Waals surface area contributed by atoms with Crippen LogP contribution in [-0.4, -0.2) is 29.8 Å². The molecule has 2 aromatic carbocycles. The Morgan fingerprint density at radius 2 is 1.64 bits per heavy atom. The fourth-order valence-corrected chi connectivity index (χ4v) is 3.78. The van der Waals surface area contributed by atoms with Gasteiger partial charge in [0.25, 0.3) is 0 Å². The molecule has 14 heavy (non-hydrogen) atoms. The van der Waals surface area contributed by atoms with Crippen molar-refractivity contribution in [1.29, 1.82) is 0 Å². The zero-order chi connectivity index (χ0) is 10.1. The second-order valence-corrected chi connectivity index (χ2v) is 6.98. The minimum absolute atomic E-state index is 0.0116. The van der Waals surface area contributed by atoms with Gasteiger partial charge in [-0.05, 0) is 0 Å². The van der Waals surface area contributed by atoms with Crippen LogP contribution < -0.4 is 9.70 Å². The van der Waals surface area contributed by atoms with Gasteiger partial charge in [-0.2, -0.15) is 0 Å². The van der Waals surface area contributed by atoms with Crippen LogP contribution in [0.3, 0.4) is 0 Å². The number of benzene rings is 2. The summed E-state index contributed by atoms with van der Waals surface area (Å²) >= 11 is 2.20. The predicted molar refractivity (Wildman–Crippen MR) is 67.7 cm³/mol. The van der Waals surface area contributed by atoms with E-state index in [9.17, 15) is 0 Å². The van der Waals surface area contributed by atoms with Gasteiger partial charge in [-0.3, -0.25) is 0 Å². The fraction of sp³-hybridized carbons (Fsp3) is 0.167. The van der Waals surface area contributed by atoms with Crippen LogP contribution in [0.5, 0.6) is 0 Å². The first kappa shape index (κ1) is 10.2. The number of hydrogen-bond acceptors (Lipinski definition) is 0. The second-order valence-electron chi connectivity index (χ2n) is 3.58. The van der Waals surface area contributed by atoms with Gasteiger partial charge in [-0.25, -0.2) is 0 Å². The quantitative estimate of drug-likeness (QED) is 0.543. The Hall–Kier alpha value is -0.327. The molecule has 0 saturated carbocycles. The van der Waals surface area contributed by atoms with Crippen molar-refractivity contribution in [3.8, 4) is 0 Å². The van der Waals surface area contributed by atoms with Crippen LogP contribution in [-0.2, 0) is 0 Å². The Bertz CT molecular complexity index is 458. The number of fused-ring (bicyclic) bond motifs is 1. The van der Waals surface area contributed by atoms with E-state index in [1.807, 2.05) is 0 Å². The molecule has 0 atom stereocenters. The van der Waals surface area contributed by atoms with E-state index >= 15 is 0 Å². The molecule has 0 aromatic heterocycles. The molecule has 0 amide bonds. The molecule has 0 spiro atoms. The van der Waals surface area contributed by atoms with E-state index in [1.165, 1.54) is 20.5 Å². The van der Waals surface area contributed by atoms with Gasteiger partial charge < -0.3 is 0 Å². The van der Waals surface area contributed by atoms with Crippen LogP contribution in [0.25, 0.3) is 10.8 Å². The van der Waals surface area contributed by atoms with E-state index in [2.05, 4.69) is 66.2 Å². The summed E-state index contributed by atoms with van der Waals surface area (Å²) in [7, 11) is -0.0116. The van der Waals surface area contributed by atoms with E-state index < -0.39 is 0 Å². The molecule has 2 aromatic rings. The molecule has 0 heterocycles. The zero-order valence-electron chi connectivity index (χ0n) is 8.41. The Morgan fingerprint density at radius 1 is 1.00 bits per heavy atom. The molecule has 0 N–H and O–H groups in total. The van der Waals surface area contributed by atoms with Crippen molar-refractivity contribution in [1.82, 2.24) is 0 Å². The third-order valence-electron chi connectivity index (χ3n) is 2.36. The average Bonchev–Trinajstić information content (AvgIpc) is 2.17. The molecule has 2 rings (SSSR count). The normalized spacial score (nSPS) is 11.1. The van der Waals surface area contributed by atoms with Crippen LogP contribution in [0.1, 0.15) is 0 Å².